The first-order valence-electron chi connectivity index (χ1n) is 19.3. The van der Waals surface area contributed by atoms with Gasteiger partial charge in [0.2, 0.25) is 23.6 Å². The molecule has 3 N–H and O–H groups in total. The van der Waals surface area contributed by atoms with Gasteiger partial charge in [-0.25, -0.2) is 4.98 Å². The van der Waals surface area contributed by atoms with Crippen molar-refractivity contribution in [2.75, 3.05) is 40.9 Å². The molecule has 0 saturated carbocycles. The first kappa shape index (κ1) is 42.4. The number of carbonyl (C=O) groups excluding carboxylic acids is 4. The number of amides is 4. The van der Waals surface area contributed by atoms with Crippen molar-refractivity contribution < 1.29 is 28.7 Å². The van der Waals surface area contributed by atoms with Crippen LogP contribution in [0.2, 0.25) is 0 Å². The van der Waals surface area contributed by atoms with Crippen molar-refractivity contribution >= 4 is 35.0 Å². The third-order valence-corrected chi connectivity index (χ3v) is 12.2. The first-order valence-corrected chi connectivity index (χ1v) is 20.2. The minimum atomic E-state index is -0.700. The quantitative estimate of drug-likeness (QED) is 0.194. The van der Waals surface area contributed by atoms with Crippen LogP contribution in [0.3, 0.4) is 0 Å². The summed E-state index contributed by atoms with van der Waals surface area (Å²) in [5.41, 5.74) is 1.10. The third-order valence-electron chi connectivity index (χ3n) is 11.3. The summed E-state index contributed by atoms with van der Waals surface area (Å²) < 4.78 is 12.1. The van der Waals surface area contributed by atoms with Crippen molar-refractivity contribution in [3.63, 3.8) is 0 Å². The number of thiazole rings is 1. The summed E-state index contributed by atoms with van der Waals surface area (Å²) >= 11 is 1.51. The molecular weight excluding hydrogens is 693 g/mol. The summed E-state index contributed by atoms with van der Waals surface area (Å²) in [6, 6.07) is 8.31. The lowest BCUT2D eigenvalue weighted by molar-refractivity contribution is -0.148. The second-order valence-electron chi connectivity index (χ2n) is 15.1. The zero-order valence-electron chi connectivity index (χ0n) is 32.9. The number of ether oxygens (including phenoxy) is 2. The van der Waals surface area contributed by atoms with Gasteiger partial charge in [-0.15, -0.1) is 11.3 Å². The highest BCUT2D eigenvalue weighted by Gasteiger charge is 2.43. The van der Waals surface area contributed by atoms with Crippen LogP contribution in [0.1, 0.15) is 83.3 Å². The van der Waals surface area contributed by atoms with Crippen molar-refractivity contribution in [2.45, 2.75) is 110 Å². The van der Waals surface area contributed by atoms with Gasteiger partial charge in [-0.3, -0.25) is 19.2 Å². The number of nitrogens with one attached hydrogen (secondary N) is 3. The van der Waals surface area contributed by atoms with Crippen LogP contribution < -0.4 is 16.0 Å². The molecule has 294 valence electrons. The van der Waals surface area contributed by atoms with E-state index in [4.69, 9.17) is 9.47 Å². The Morgan fingerprint density at radius 3 is 2.38 bits per heavy atom. The van der Waals surface area contributed by atoms with E-state index in [2.05, 4.69) is 34.8 Å². The summed E-state index contributed by atoms with van der Waals surface area (Å²) in [6.07, 6.45) is 4.30. The van der Waals surface area contributed by atoms with E-state index in [1.807, 2.05) is 61.4 Å². The lowest BCUT2D eigenvalue weighted by Crippen LogP contribution is -2.58. The number of carbonyl (C=O) groups is 4. The molecule has 12 nitrogen and oxygen atoms in total. The van der Waals surface area contributed by atoms with Gasteiger partial charge in [-0.05, 0) is 49.6 Å². The molecule has 1 aromatic heterocycles. The van der Waals surface area contributed by atoms with Gasteiger partial charge in [0.15, 0.2) is 0 Å². The first-order chi connectivity index (χ1) is 25.4. The van der Waals surface area contributed by atoms with Crippen LogP contribution in [0.15, 0.2) is 41.9 Å². The van der Waals surface area contributed by atoms with Crippen LogP contribution in [-0.4, -0.2) is 110 Å². The zero-order valence-corrected chi connectivity index (χ0v) is 33.7. The second kappa shape index (κ2) is 20.3. The van der Waals surface area contributed by atoms with Crippen molar-refractivity contribution in [3.05, 3.63) is 52.5 Å². The van der Waals surface area contributed by atoms with E-state index in [9.17, 15) is 19.2 Å². The average molecular weight is 755 g/mol. The maximum Gasteiger partial charge on any atom is 0.245 e. The monoisotopic (exact) mass is 754 g/mol. The number of nitrogens with zero attached hydrogens (tertiary/aromatic N) is 3. The van der Waals surface area contributed by atoms with Gasteiger partial charge in [-0.1, -0.05) is 71.4 Å². The maximum atomic E-state index is 14.2. The summed E-state index contributed by atoms with van der Waals surface area (Å²) in [7, 11) is 4.94. The highest BCUT2D eigenvalue weighted by Crippen LogP contribution is 2.30. The molecule has 1 unspecified atom stereocenters. The maximum absolute atomic E-state index is 14.2. The Morgan fingerprint density at radius 2 is 1.79 bits per heavy atom. The van der Waals surface area contributed by atoms with Gasteiger partial charge in [0.05, 0.1) is 48.6 Å². The van der Waals surface area contributed by atoms with E-state index < -0.39 is 30.2 Å². The van der Waals surface area contributed by atoms with Crippen LogP contribution >= 0.6 is 11.3 Å². The number of hydrogen-bond donors (Lipinski definition) is 3. The van der Waals surface area contributed by atoms with E-state index >= 15 is 0 Å². The normalized spacial score (nSPS) is 21.3. The fourth-order valence-corrected chi connectivity index (χ4v) is 8.64. The predicted octanol–water partition coefficient (Wildman–Crippen LogP) is 4.21. The molecule has 2 fully saturated rings. The summed E-state index contributed by atoms with van der Waals surface area (Å²) in [5, 5.41) is 12.2. The largest absolute Gasteiger partial charge is 0.379 e. The molecule has 2 saturated heterocycles. The molecule has 4 amide bonds. The van der Waals surface area contributed by atoms with E-state index in [0.717, 1.165) is 36.4 Å². The molecule has 0 radical (unpaired) electrons. The van der Waals surface area contributed by atoms with Gasteiger partial charge in [0.1, 0.15) is 11.0 Å². The minimum Gasteiger partial charge on any atom is -0.379 e. The highest BCUT2D eigenvalue weighted by atomic mass is 32.1. The smallest absolute Gasteiger partial charge is 0.245 e. The summed E-state index contributed by atoms with van der Waals surface area (Å²) in [4.78, 5) is 63.3. The Kier molecular flexibility index (Phi) is 16.3. The molecule has 53 heavy (non-hydrogen) atoms. The fourth-order valence-electron chi connectivity index (χ4n) is 7.95. The molecule has 4 rings (SSSR count). The highest BCUT2D eigenvalue weighted by molar-refractivity contribution is 7.09. The van der Waals surface area contributed by atoms with E-state index in [-0.39, 0.29) is 59.9 Å². The lowest BCUT2D eigenvalue weighted by atomic mass is 9.89. The van der Waals surface area contributed by atoms with Gasteiger partial charge in [0, 0.05) is 45.9 Å². The molecule has 9 atom stereocenters. The Morgan fingerprint density at radius 1 is 1.06 bits per heavy atom. The van der Waals surface area contributed by atoms with E-state index in [1.54, 1.807) is 32.4 Å². The molecule has 0 aliphatic carbocycles. The van der Waals surface area contributed by atoms with Gasteiger partial charge >= 0.3 is 0 Å². The molecule has 2 aliphatic heterocycles. The van der Waals surface area contributed by atoms with E-state index in [0.29, 0.717) is 25.9 Å². The molecule has 13 heteroatoms. The van der Waals surface area contributed by atoms with Gasteiger partial charge < -0.3 is 35.2 Å². The van der Waals surface area contributed by atoms with E-state index in [1.165, 1.54) is 11.3 Å². The molecular formula is C40H62N6O6S. The lowest BCUT2D eigenvalue weighted by Gasteiger charge is -2.41. The van der Waals surface area contributed by atoms with Crippen LogP contribution in [0.5, 0.6) is 0 Å². The number of aromatic nitrogens is 1. The molecule has 2 aromatic rings. The Labute approximate surface area is 320 Å². The van der Waals surface area contributed by atoms with Crippen LogP contribution in [0.4, 0.5) is 0 Å². The SMILES string of the molecule is CC[C@H](C)[C@@H]([C@@H](CC(=O)N1CCC[C@H]1[C@H](OC)[C@@H](C)C(=O)N[C@@H](Cc1ccccc1)c1nccs1)OC)N(C)C(=O)[C@@H](NC(=O)C1CCNC1)C(C)C. The number of likely N-dealkylation sites (tertiary alicyclic amines) is 1. The average Bonchev–Trinajstić information content (AvgIpc) is 3.97. The Bertz CT molecular complexity index is 1450. The second-order valence-corrected chi connectivity index (χ2v) is 16.1. The Hall–Kier alpha value is -3.39. The number of likely N-dealkylation sites (N-methyl/N-ethyl adjacent to an activating group) is 1. The molecule has 3 heterocycles. The van der Waals surface area contributed by atoms with Gasteiger partial charge in [-0.2, -0.15) is 0 Å². The molecule has 0 bridgehead atoms. The van der Waals surface area contributed by atoms with Crippen LogP contribution in [0.25, 0.3) is 0 Å². The predicted molar refractivity (Wildman–Crippen MR) is 207 cm³/mol. The number of methoxy groups -OCH3 is 2. The number of benzene rings is 1. The van der Waals surface area contributed by atoms with Gasteiger partial charge in [0.25, 0.3) is 0 Å². The standard InChI is InChI=1S/C40H62N6O6S/c1-9-26(4)35(45(6)40(50)34(25(2)3)44-38(49)29-17-18-41-24-29)32(51-7)23-33(47)46-20-13-16-31(46)36(52-8)27(5)37(48)43-30(39-42-19-21-53-39)22-28-14-11-10-12-15-28/h10-12,14-15,19,21,25-27,29-32,34-36,41H,9,13,16-18,20,22-24H2,1-8H3,(H,43,48)(H,44,49)/t26-,27+,29?,30-,31-,32+,34-,35-,36+/m0/s1. The Balaban J connectivity index is 1.47. The van der Waals surface area contributed by atoms with Crippen molar-refractivity contribution in [3.8, 4) is 0 Å². The third kappa shape index (κ3) is 10.9. The molecule has 1 aromatic carbocycles. The fraction of sp³-hybridized carbons (Fsp3) is 0.675. The molecule has 2 aliphatic rings. The van der Waals surface area contributed by atoms with Crippen molar-refractivity contribution in [1.82, 2.24) is 30.7 Å². The van der Waals surface area contributed by atoms with Crippen LogP contribution in [-0.2, 0) is 35.1 Å². The summed E-state index contributed by atoms with van der Waals surface area (Å²) in [5.74, 6) is -1.39. The summed E-state index contributed by atoms with van der Waals surface area (Å²) in [6.45, 7) is 11.8. The number of rotatable bonds is 19. The zero-order chi connectivity index (χ0) is 38.7. The van der Waals surface area contributed by atoms with Crippen LogP contribution in [0, 0.1) is 23.7 Å². The molecule has 0 spiro atoms. The minimum absolute atomic E-state index is 0.00993. The topological polar surface area (TPSA) is 142 Å². The number of hydrogen-bond acceptors (Lipinski definition) is 9. The van der Waals surface area contributed by atoms with Crippen molar-refractivity contribution in [1.29, 1.82) is 0 Å². The van der Waals surface area contributed by atoms with Crippen molar-refractivity contribution in [2.24, 2.45) is 23.7 Å².